The summed E-state index contributed by atoms with van der Waals surface area (Å²) < 4.78 is 17.8. The van der Waals surface area contributed by atoms with Crippen LogP contribution in [0.1, 0.15) is 58.1 Å². The lowest BCUT2D eigenvalue weighted by Crippen LogP contribution is -2.48. The summed E-state index contributed by atoms with van der Waals surface area (Å²) in [6, 6.07) is 3.95. The number of piperidine rings is 1. The van der Waals surface area contributed by atoms with Crippen LogP contribution in [0.5, 0.6) is 5.75 Å². The topological polar surface area (TPSA) is 117 Å². The number of hydrogen-bond acceptors (Lipinski definition) is 8. The minimum Gasteiger partial charge on any atom is -0.464 e. The predicted octanol–water partition coefficient (Wildman–Crippen LogP) is 4.66. The molecule has 11 heteroatoms. The Morgan fingerprint density at radius 1 is 1.19 bits per heavy atom. The molecule has 36 heavy (non-hydrogen) atoms. The largest absolute Gasteiger partial charge is 0.464 e. The molecule has 0 aromatic carbocycles. The molecule has 5 rings (SSSR count). The van der Waals surface area contributed by atoms with Gasteiger partial charge >= 0.3 is 6.09 Å². The van der Waals surface area contributed by atoms with Gasteiger partial charge in [-0.15, -0.1) is 0 Å². The molecule has 2 bridgehead atoms. The molecule has 2 saturated heterocycles. The van der Waals surface area contributed by atoms with E-state index in [4.69, 9.17) is 36.5 Å². The Kier molecular flexibility index (Phi) is 6.42. The normalized spacial score (nSPS) is 21.7. The SMILES string of the molecule is COCOc1cc(-c2cnn3c(N)cc(C4CC5CC[C@H](C4)N5C(=O)OC(C)(C)C)nc23)cnc1Cl. The van der Waals surface area contributed by atoms with Crippen LogP contribution in [0.3, 0.4) is 0 Å². The van der Waals surface area contributed by atoms with Crippen LogP contribution in [0.25, 0.3) is 16.8 Å². The molecular weight excluding hydrogens is 484 g/mol. The number of nitrogens with zero attached hydrogens (tertiary/aromatic N) is 5. The maximum Gasteiger partial charge on any atom is 0.410 e. The average molecular weight is 515 g/mol. The number of aromatic nitrogens is 4. The minimum absolute atomic E-state index is 0.0548. The number of pyridine rings is 1. The van der Waals surface area contributed by atoms with Crippen LogP contribution in [0.2, 0.25) is 5.15 Å². The van der Waals surface area contributed by atoms with Crippen LogP contribution in [0.15, 0.2) is 24.5 Å². The highest BCUT2D eigenvalue weighted by Gasteiger charge is 2.45. The summed E-state index contributed by atoms with van der Waals surface area (Å²) in [7, 11) is 1.54. The summed E-state index contributed by atoms with van der Waals surface area (Å²) in [5.41, 5.74) is 8.94. The first-order valence-electron chi connectivity index (χ1n) is 12.1. The molecular formula is C25H31ClN6O4. The molecule has 10 nitrogen and oxygen atoms in total. The van der Waals surface area contributed by atoms with Gasteiger partial charge in [0, 0.05) is 54.2 Å². The van der Waals surface area contributed by atoms with Gasteiger partial charge < -0.3 is 24.8 Å². The third kappa shape index (κ3) is 4.67. The molecule has 0 aliphatic carbocycles. The molecule has 3 aromatic rings. The second kappa shape index (κ2) is 9.40. The van der Waals surface area contributed by atoms with Gasteiger partial charge in [-0.1, -0.05) is 11.6 Å². The maximum atomic E-state index is 12.9. The highest BCUT2D eigenvalue weighted by Crippen LogP contribution is 2.44. The van der Waals surface area contributed by atoms with E-state index in [1.165, 1.54) is 7.11 Å². The third-order valence-electron chi connectivity index (χ3n) is 6.73. The molecule has 5 heterocycles. The standard InChI is InChI=1S/C25H31ClN6O4/c1-25(2,3)36-24(33)31-16-5-6-17(31)8-14(7-16)19-10-21(27)32-23(30-19)18(12-29-32)15-9-20(35-13-34-4)22(26)28-11-15/h9-12,14,16-17H,5-8,13,27H2,1-4H3/t14?,16-,17?/m1/s1. The molecule has 2 unspecified atom stereocenters. The van der Waals surface area contributed by atoms with E-state index in [9.17, 15) is 4.79 Å². The van der Waals surface area contributed by atoms with Crippen molar-refractivity contribution in [3.05, 3.63) is 35.4 Å². The van der Waals surface area contributed by atoms with Crippen LogP contribution in [-0.2, 0) is 9.47 Å². The summed E-state index contributed by atoms with van der Waals surface area (Å²) in [5, 5.41) is 4.68. The van der Waals surface area contributed by atoms with E-state index in [1.54, 1.807) is 23.0 Å². The second-order valence-electron chi connectivity index (χ2n) is 10.4. The van der Waals surface area contributed by atoms with E-state index in [-0.39, 0.29) is 36.0 Å². The number of rotatable bonds is 5. The lowest BCUT2D eigenvalue weighted by Gasteiger charge is -2.39. The van der Waals surface area contributed by atoms with Crippen molar-refractivity contribution in [1.82, 2.24) is 24.5 Å². The van der Waals surface area contributed by atoms with Gasteiger partial charge in [0.2, 0.25) is 0 Å². The van der Waals surface area contributed by atoms with Crippen molar-refractivity contribution in [2.75, 3.05) is 19.6 Å². The van der Waals surface area contributed by atoms with Gasteiger partial charge in [0.25, 0.3) is 0 Å². The number of carbonyl (C=O) groups excluding carboxylic acids is 1. The fraction of sp³-hybridized carbons (Fsp3) is 0.520. The Balaban J connectivity index is 1.44. The molecule has 2 fully saturated rings. The number of hydrogen-bond donors (Lipinski definition) is 1. The summed E-state index contributed by atoms with van der Waals surface area (Å²) in [6.45, 7) is 5.74. The summed E-state index contributed by atoms with van der Waals surface area (Å²) in [5.74, 6) is 1.09. The number of anilines is 1. The Morgan fingerprint density at radius 3 is 2.58 bits per heavy atom. The number of methoxy groups -OCH3 is 1. The van der Waals surface area contributed by atoms with Crippen LogP contribution in [-0.4, -0.2) is 62.2 Å². The first-order valence-corrected chi connectivity index (χ1v) is 12.5. The number of fused-ring (bicyclic) bond motifs is 3. The molecule has 0 spiro atoms. The minimum atomic E-state index is -0.516. The molecule has 3 atom stereocenters. The average Bonchev–Trinajstić information content (AvgIpc) is 3.36. The molecule has 1 amide bonds. The maximum absolute atomic E-state index is 12.9. The number of halogens is 1. The van der Waals surface area contributed by atoms with Gasteiger partial charge in [-0.05, 0) is 52.5 Å². The lowest BCUT2D eigenvalue weighted by atomic mass is 9.88. The van der Waals surface area contributed by atoms with Gasteiger partial charge in [0.15, 0.2) is 23.3 Å². The number of carbonyl (C=O) groups is 1. The highest BCUT2D eigenvalue weighted by atomic mass is 35.5. The van der Waals surface area contributed by atoms with Crippen molar-refractivity contribution in [2.24, 2.45) is 0 Å². The number of nitrogen functional groups attached to an aromatic ring is 1. The first-order chi connectivity index (χ1) is 17.1. The highest BCUT2D eigenvalue weighted by molar-refractivity contribution is 6.30. The predicted molar refractivity (Wildman–Crippen MR) is 135 cm³/mol. The summed E-state index contributed by atoms with van der Waals surface area (Å²) >= 11 is 6.18. The first kappa shape index (κ1) is 24.6. The molecule has 192 valence electrons. The number of ether oxygens (including phenoxy) is 3. The van der Waals surface area contributed by atoms with Crippen molar-refractivity contribution in [3.63, 3.8) is 0 Å². The van der Waals surface area contributed by atoms with Crippen molar-refractivity contribution in [2.45, 2.75) is 70.1 Å². The fourth-order valence-electron chi connectivity index (χ4n) is 5.25. The monoisotopic (exact) mass is 514 g/mol. The van der Waals surface area contributed by atoms with Crippen LogP contribution >= 0.6 is 11.6 Å². The van der Waals surface area contributed by atoms with E-state index in [0.717, 1.165) is 42.5 Å². The fourth-order valence-corrected chi connectivity index (χ4v) is 5.41. The van der Waals surface area contributed by atoms with Crippen molar-refractivity contribution < 1.29 is 19.0 Å². The smallest absolute Gasteiger partial charge is 0.410 e. The van der Waals surface area contributed by atoms with Gasteiger partial charge in [-0.25, -0.2) is 14.8 Å². The Hall–Kier alpha value is -3.11. The Morgan fingerprint density at radius 2 is 1.92 bits per heavy atom. The zero-order valence-corrected chi connectivity index (χ0v) is 21.7. The van der Waals surface area contributed by atoms with Crippen LogP contribution in [0, 0.1) is 0 Å². The molecule has 2 N–H and O–H groups in total. The molecule has 3 aromatic heterocycles. The molecule has 2 aliphatic heterocycles. The number of nitrogens with two attached hydrogens (primary N) is 1. The van der Waals surface area contributed by atoms with Crippen molar-refractivity contribution in [1.29, 1.82) is 0 Å². The Labute approximate surface area is 214 Å². The number of amides is 1. The quantitative estimate of drug-likeness (QED) is 0.386. The molecule has 0 saturated carbocycles. The summed E-state index contributed by atoms with van der Waals surface area (Å²) in [6.07, 6.45) is 6.72. The van der Waals surface area contributed by atoms with E-state index in [0.29, 0.717) is 17.2 Å². The Bertz CT molecular complexity index is 1280. The third-order valence-corrected chi connectivity index (χ3v) is 7.01. The van der Waals surface area contributed by atoms with E-state index in [1.807, 2.05) is 31.7 Å². The van der Waals surface area contributed by atoms with Gasteiger partial charge in [0.1, 0.15) is 11.4 Å². The van der Waals surface area contributed by atoms with Crippen LogP contribution in [0.4, 0.5) is 10.6 Å². The van der Waals surface area contributed by atoms with E-state index in [2.05, 4.69) is 10.1 Å². The zero-order chi connectivity index (χ0) is 25.6. The van der Waals surface area contributed by atoms with Gasteiger partial charge in [0.05, 0.1) is 6.20 Å². The molecule has 0 radical (unpaired) electrons. The van der Waals surface area contributed by atoms with Crippen LogP contribution < -0.4 is 10.5 Å². The van der Waals surface area contributed by atoms with E-state index < -0.39 is 5.60 Å². The zero-order valence-electron chi connectivity index (χ0n) is 20.9. The van der Waals surface area contributed by atoms with Gasteiger partial charge in [-0.3, -0.25) is 0 Å². The second-order valence-corrected chi connectivity index (χ2v) is 10.8. The van der Waals surface area contributed by atoms with E-state index >= 15 is 0 Å². The molecule has 2 aliphatic rings. The van der Waals surface area contributed by atoms with Crippen molar-refractivity contribution >= 4 is 29.2 Å². The summed E-state index contributed by atoms with van der Waals surface area (Å²) in [4.78, 5) is 24.0. The lowest BCUT2D eigenvalue weighted by molar-refractivity contribution is 0.00570. The van der Waals surface area contributed by atoms with Crippen molar-refractivity contribution in [3.8, 4) is 16.9 Å². The van der Waals surface area contributed by atoms with Gasteiger partial charge in [-0.2, -0.15) is 9.61 Å².